The number of nitrogens with two attached hydrogens (primary N) is 1. The molecule has 1 heterocycles. The van der Waals surface area contributed by atoms with E-state index in [0.717, 1.165) is 5.56 Å². The maximum absolute atomic E-state index is 12.6. The van der Waals surface area contributed by atoms with E-state index in [2.05, 4.69) is 10.5 Å². The van der Waals surface area contributed by atoms with Crippen LogP contribution in [0.5, 0.6) is 23.0 Å². The Morgan fingerprint density at radius 3 is 2.14 bits per heavy atom. The fraction of sp³-hybridized carbons (Fsp3) is 0.360. The Kier molecular flexibility index (Phi) is 9.79. The number of carbonyl (C=O) groups is 1. The molecule has 0 saturated heterocycles. The number of rotatable bonds is 10. The fourth-order valence-corrected chi connectivity index (χ4v) is 3.68. The van der Waals surface area contributed by atoms with Crippen molar-refractivity contribution < 1.29 is 28.3 Å². The van der Waals surface area contributed by atoms with Crippen molar-refractivity contribution in [3.63, 3.8) is 0 Å². The summed E-state index contributed by atoms with van der Waals surface area (Å²) in [5.41, 5.74) is 8.71. The van der Waals surface area contributed by atoms with Gasteiger partial charge in [0, 0.05) is 11.1 Å². The second-order valence-electron chi connectivity index (χ2n) is 8.12. The van der Waals surface area contributed by atoms with Crippen LogP contribution in [0.15, 0.2) is 41.1 Å². The molecule has 1 amide bonds. The molecule has 2 aromatic carbocycles. The number of nitrogens with zero attached hydrogens (tertiary/aromatic N) is 1. The van der Waals surface area contributed by atoms with E-state index >= 15 is 0 Å². The van der Waals surface area contributed by atoms with Crippen molar-refractivity contribution in [3.05, 3.63) is 36.5 Å². The Morgan fingerprint density at radius 2 is 1.60 bits per heavy atom. The molecule has 1 unspecified atom stereocenters. The van der Waals surface area contributed by atoms with E-state index in [1.165, 1.54) is 0 Å². The number of hydrogen-bond donors (Lipinski definition) is 2. The van der Waals surface area contributed by atoms with Gasteiger partial charge in [0.1, 0.15) is 5.75 Å². The summed E-state index contributed by atoms with van der Waals surface area (Å²) < 4.78 is 27.4. The van der Waals surface area contributed by atoms with Crippen LogP contribution in [0.2, 0.25) is 0 Å². The second kappa shape index (κ2) is 12.3. The van der Waals surface area contributed by atoms with Crippen LogP contribution in [0.25, 0.3) is 22.5 Å². The van der Waals surface area contributed by atoms with E-state index in [1.54, 1.807) is 58.9 Å². The van der Waals surface area contributed by atoms with Crippen molar-refractivity contribution >= 4 is 24.0 Å². The molecule has 3 N–H and O–H groups in total. The monoisotopic (exact) mass is 505 g/mol. The van der Waals surface area contributed by atoms with E-state index in [1.807, 2.05) is 19.9 Å². The second-order valence-corrected chi connectivity index (χ2v) is 8.12. The molecule has 0 radical (unpaired) electrons. The first kappa shape index (κ1) is 27.8. The number of amides is 1. The van der Waals surface area contributed by atoms with Crippen LogP contribution >= 0.6 is 12.4 Å². The van der Waals surface area contributed by atoms with Crippen LogP contribution in [0.3, 0.4) is 0 Å². The van der Waals surface area contributed by atoms with Crippen molar-refractivity contribution in [1.82, 2.24) is 5.16 Å². The highest BCUT2D eigenvalue weighted by Gasteiger charge is 2.21. The number of aromatic nitrogens is 1. The van der Waals surface area contributed by atoms with Crippen molar-refractivity contribution in [2.45, 2.75) is 26.3 Å². The fourth-order valence-electron chi connectivity index (χ4n) is 3.68. The van der Waals surface area contributed by atoms with Gasteiger partial charge in [-0.1, -0.05) is 25.1 Å². The number of methoxy groups -OCH3 is 4. The molecule has 3 aromatic rings. The topological polar surface area (TPSA) is 118 Å². The third kappa shape index (κ3) is 6.17. The normalized spacial score (nSPS) is 11.4. The molecule has 0 bridgehead atoms. The number of anilines is 1. The smallest absolute Gasteiger partial charge is 0.241 e. The summed E-state index contributed by atoms with van der Waals surface area (Å²) in [4.78, 5) is 12.6. The lowest BCUT2D eigenvalue weighted by molar-refractivity contribution is -0.117. The van der Waals surface area contributed by atoms with Gasteiger partial charge in [-0.2, -0.15) is 0 Å². The first-order chi connectivity index (χ1) is 16.3. The Balaban J connectivity index is 0.00000432. The van der Waals surface area contributed by atoms with E-state index in [4.69, 9.17) is 29.2 Å². The summed E-state index contributed by atoms with van der Waals surface area (Å²) in [6.07, 6.45) is 2.18. The Labute approximate surface area is 211 Å². The summed E-state index contributed by atoms with van der Waals surface area (Å²) in [5, 5.41) is 6.88. The van der Waals surface area contributed by atoms with E-state index in [-0.39, 0.29) is 18.3 Å². The lowest BCUT2D eigenvalue weighted by atomic mass is 10.0. The van der Waals surface area contributed by atoms with Crippen LogP contribution in [-0.2, 0) is 4.79 Å². The minimum absolute atomic E-state index is 0. The SMILES string of the molecule is COc1ccc(-c2cnoc2-c2cc(OC)c(OC)c(OC)c2)cc1NC(=O)C(N)CC(C)C.Cl. The largest absolute Gasteiger partial charge is 0.495 e. The highest BCUT2D eigenvalue weighted by atomic mass is 35.5. The number of hydrogen-bond acceptors (Lipinski definition) is 8. The third-order valence-corrected chi connectivity index (χ3v) is 5.33. The van der Waals surface area contributed by atoms with Crippen molar-refractivity contribution in [2.75, 3.05) is 33.8 Å². The van der Waals surface area contributed by atoms with Gasteiger partial charge in [-0.25, -0.2) is 0 Å². The van der Waals surface area contributed by atoms with Gasteiger partial charge in [-0.3, -0.25) is 4.79 Å². The number of benzene rings is 2. The van der Waals surface area contributed by atoms with Gasteiger partial charge >= 0.3 is 0 Å². The van der Waals surface area contributed by atoms with Crippen LogP contribution < -0.4 is 30.0 Å². The van der Waals surface area contributed by atoms with Gasteiger partial charge in [0.05, 0.1) is 46.4 Å². The number of nitrogens with one attached hydrogen (secondary N) is 1. The molecule has 0 aliphatic carbocycles. The molecular weight excluding hydrogens is 474 g/mol. The van der Waals surface area contributed by atoms with Crippen molar-refractivity contribution in [3.8, 4) is 45.4 Å². The summed E-state index contributed by atoms with van der Waals surface area (Å²) in [6.45, 7) is 4.04. The average molecular weight is 506 g/mol. The molecule has 0 saturated carbocycles. The summed E-state index contributed by atoms with van der Waals surface area (Å²) in [5.74, 6) is 2.48. The zero-order valence-corrected chi connectivity index (χ0v) is 21.5. The van der Waals surface area contributed by atoms with Crippen LogP contribution in [0.4, 0.5) is 5.69 Å². The predicted molar refractivity (Wildman–Crippen MR) is 137 cm³/mol. The molecule has 0 aliphatic rings. The van der Waals surface area contributed by atoms with Gasteiger partial charge < -0.3 is 34.5 Å². The standard InChI is InChI=1S/C25H31N3O6.ClH/c1-14(2)9-18(26)25(29)28-19-10-15(7-8-20(19)30-3)17-13-27-34-23(17)16-11-21(31-4)24(33-6)22(12-16)32-5;/h7-8,10-14,18H,9,26H2,1-6H3,(H,28,29);1H. The molecule has 1 aromatic heterocycles. The Bertz CT molecular complexity index is 1120. The predicted octanol–water partition coefficient (Wildman–Crippen LogP) is 4.78. The number of halogens is 1. The third-order valence-electron chi connectivity index (χ3n) is 5.33. The minimum atomic E-state index is -0.626. The van der Waals surface area contributed by atoms with Crippen molar-refractivity contribution in [2.24, 2.45) is 11.7 Å². The lowest BCUT2D eigenvalue weighted by Crippen LogP contribution is -2.36. The van der Waals surface area contributed by atoms with Gasteiger partial charge in [0.25, 0.3) is 0 Å². The number of carbonyl (C=O) groups excluding carboxylic acids is 1. The van der Waals surface area contributed by atoms with Crippen molar-refractivity contribution in [1.29, 1.82) is 0 Å². The molecule has 35 heavy (non-hydrogen) atoms. The summed E-state index contributed by atoms with van der Waals surface area (Å²) >= 11 is 0. The Morgan fingerprint density at radius 1 is 0.971 bits per heavy atom. The first-order valence-electron chi connectivity index (χ1n) is 10.8. The van der Waals surface area contributed by atoms with Crippen LogP contribution in [-0.4, -0.2) is 45.5 Å². The summed E-state index contributed by atoms with van der Waals surface area (Å²) in [6, 6.07) is 8.36. The Hall–Kier alpha value is -3.43. The molecule has 3 rings (SSSR count). The van der Waals surface area contributed by atoms with E-state index < -0.39 is 6.04 Å². The molecule has 0 fully saturated rings. The minimum Gasteiger partial charge on any atom is -0.495 e. The number of ether oxygens (including phenoxy) is 4. The van der Waals surface area contributed by atoms with Gasteiger partial charge in [-0.05, 0) is 42.2 Å². The van der Waals surface area contributed by atoms with Gasteiger partial charge in [0.2, 0.25) is 11.7 Å². The highest BCUT2D eigenvalue weighted by Crippen LogP contribution is 2.44. The van der Waals surface area contributed by atoms with Gasteiger partial charge in [0.15, 0.2) is 17.3 Å². The van der Waals surface area contributed by atoms with Gasteiger partial charge in [-0.15, -0.1) is 12.4 Å². The quantitative estimate of drug-likeness (QED) is 0.404. The maximum atomic E-state index is 12.6. The van der Waals surface area contributed by atoms with Crippen LogP contribution in [0, 0.1) is 5.92 Å². The zero-order valence-electron chi connectivity index (χ0n) is 20.7. The maximum Gasteiger partial charge on any atom is 0.241 e. The molecule has 0 spiro atoms. The molecule has 190 valence electrons. The lowest BCUT2D eigenvalue weighted by Gasteiger charge is -2.17. The molecule has 9 nitrogen and oxygen atoms in total. The highest BCUT2D eigenvalue weighted by molar-refractivity contribution is 5.97. The van der Waals surface area contributed by atoms with E-state index in [9.17, 15) is 4.79 Å². The van der Waals surface area contributed by atoms with Crippen LogP contribution in [0.1, 0.15) is 20.3 Å². The molecular formula is C25H32ClN3O6. The first-order valence-corrected chi connectivity index (χ1v) is 10.8. The average Bonchev–Trinajstić information content (AvgIpc) is 3.32. The summed E-state index contributed by atoms with van der Waals surface area (Å²) in [7, 11) is 6.18. The zero-order chi connectivity index (χ0) is 24.8. The molecule has 1 atom stereocenters. The van der Waals surface area contributed by atoms with E-state index in [0.29, 0.717) is 57.9 Å². The molecule has 10 heteroatoms. The molecule has 0 aliphatic heterocycles.